The van der Waals surface area contributed by atoms with Crippen molar-refractivity contribution >= 4 is 11.6 Å². The Balaban J connectivity index is 1.72. The second-order valence-electron chi connectivity index (χ2n) is 5.32. The predicted octanol–water partition coefficient (Wildman–Crippen LogP) is -0.222. The number of nitrogens with one attached hydrogen (secondary N) is 1. The predicted molar refractivity (Wildman–Crippen MR) is 69.1 cm³/mol. The molecule has 2 aliphatic rings. The maximum absolute atomic E-state index is 12.2. The van der Waals surface area contributed by atoms with Crippen LogP contribution in [0.25, 0.3) is 0 Å². The highest BCUT2D eigenvalue weighted by Gasteiger charge is 2.52. The lowest BCUT2D eigenvalue weighted by Crippen LogP contribution is -2.69. The van der Waals surface area contributed by atoms with Crippen molar-refractivity contribution < 1.29 is 14.5 Å². The molecule has 1 aliphatic carbocycles. The Morgan fingerprint density at radius 2 is 2.40 bits per heavy atom. The summed E-state index contributed by atoms with van der Waals surface area (Å²) in [6.07, 6.45) is 2.21. The van der Waals surface area contributed by atoms with Crippen LogP contribution in [0.2, 0.25) is 0 Å². The van der Waals surface area contributed by atoms with Crippen LogP contribution in [0, 0.1) is 16.0 Å². The van der Waals surface area contributed by atoms with Gasteiger partial charge in [0.05, 0.1) is 23.3 Å². The highest BCUT2D eigenvalue weighted by molar-refractivity contribution is 5.94. The lowest BCUT2D eigenvalue weighted by molar-refractivity contribution is -0.384. The summed E-state index contributed by atoms with van der Waals surface area (Å²) < 4.78 is 6.97. The molecule has 2 fully saturated rings. The molecule has 0 bridgehead atoms. The number of carbonyl (C=O) groups is 1. The van der Waals surface area contributed by atoms with Crippen molar-refractivity contribution in [1.82, 2.24) is 9.88 Å². The molecule has 2 heterocycles. The third-order valence-corrected chi connectivity index (χ3v) is 4.18. The number of hydrogen-bond donors (Lipinski definition) is 2. The van der Waals surface area contributed by atoms with Gasteiger partial charge in [0.15, 0.2) is 0 Å². The van der Waals surface area contributed by atoms with Crippen molar-refractivity contribution in [2.75, 3.05) is 6.61 Å². The van der Waals surface area contributed by atoms with Gasteiger partial charge in [-0.2, -0.15) is 0 Å². The maximum atomic E-state index is 12.2. The van der Waals surface area contributed by atoms with Crippen LogP contribution in [0.5, 0.6) is 0 Å². The number of carbonyl (C=O) groups excluding carboxylic acids is 1. The van der Waals surface area contributed by atoms with Gasteiger partial charge in [-0.15, -0.1) is 0 Å². The standard InChI is InChI=1S/C12H16N4O4/c1-15-5-6(16(18)19)4-8(15)12(17)14-10-9(13)7-2-3-20-11(7)10/h4-5,7,9-11H,2-3,13H2,1H3,(H,14,17). The number of nitrogens with zero attached hydrogens (tertiary/aromatic N) is 2. The fraction of sp³-hybridized carbons (Fsp3) is 0.583. The number of amides is 1. The topological polar surface area (TPSA) is 112 Å². The number of aryl methyl sites for hydroxylation is 1. The molecule has 1 amide bonds. The van der Waals surface area contributed by atoms with Gasteiger partial charge in [-0.25, -0.2) is 0 Å². The molecule has 0 radical (unpaired) electrons. The van der Waals surface area contributed by atoms with Gasteiger partial charge < -0.3 is 20.4 Å². The molecule has 3 rings (SSSR count). The van der Waals surface area contributed by atoms with Gasteiger partial charge in [0.25, 0.3) is 11.6 Å². The zero-order valence-corrected chi connectivity index (χ0v) is 11.0. The Kier molecular flexibility index (Phi) is 2.98. The maximum Gasteiger partial charge on any atom is 0.287 e. The van der Waals surface area contributed by atoms with Crippen LogP contribution in [-0.4, -0.2) is 40.2 Å². The summed E-state index contributed by atoms with van der Waals surface area (Å²) >= 11 is 0. The van der Waals surface area contributed by atoms with E-state index < -0.39 is 4.92 Å². The number of nitro groups is 1. The second kappa shape index (κ2) is 4.57. The minimum Gasteiger partial charge on any atom is -0.376 e. The van der Waals surface area contributed by atoms with E-state index in [1.807, 2.05) is 0 Å². The summed E-state index contributed by atoms with van der Waals surface area (Å²) in [6, 6.07) is 0.928. The van der Waals surface area contributed by atoms with Gasteiger partial charge in [-0.05, 0) is 6.42 Å². The Bertz CT molecular complexity index is 570. The van der Waals surface area contributed by atoms with Gasteiger partial charge in [-0.3, -0.25) is 14.9 Å². The number of nitrogens with two attached hydrogens (primary N) is 1. The fourth-order valence-electron chi connectivity index (χ4n) is 3.03. The monoisotopic (exact) mass is 280 g/mol. The Morgan fingerprint density at radius 1 is 1.65 bits per heavy atom. The summed E-state index contributed by atoms with van der Waals surface area (Å²) in [5.74, 6) is -0.0574. The molecule has 1 aromatic heterocycles. The summed E-state index contributed by atoms with van der Waals surface area (Å²) in [4.78, 5) is 22.3. The largest absolute Gasteiger partial charge is 0.376 e. The average Bonchev–Trinajstić information content (AvgIpc) is 2.99. The Hall–Kier alpha value is -1.93. The van der Waals surface area contributed by atoms with Crippen LogP contribution in [0.15, 0.2) is 12.3 Å². The van der Waals surface area contributed by atoms with Crippen LogP contribution < -0.4 is 11.1 Å². The van der Waals surface area contributed by atoms with Crippen LogP contribution in [0.3, 0.4) is 0 Å². The normalized spacial score (nSPS) is 31.5. The molecule has 1 saturated carbocycles. The molecule has 3 N–H and O–H groups in total. The van der Waals surface area contributed by atoms with Gasteiger partial charge in [-0.1, -0.05) is 0 Å². The number of rotatable bonds is 3. The van der Waals surface area contributed by atoms with Crippen molar-refractivity contribution in [2.45, 2.75) is 24.6 Å². The van der Waals surface area contributed by atoms with Gasteiger partial charge in [0.2, 0.25) is 0 Å². The van der Waals surface area contributed by atoms with Crippen molar-refractivity contribution in [2.24, 2.45) is 18.7 Å². The van der Waals surface area contributed by atoms with Gasteiger partial charge >= 0.3 is 0 Å². The fourth-order valence-corrected chi connectivity index (χ4v) is 3.03. The zero-order valence-electron chi connectivity index (χ0n) is 11.0. The molecule has 8 heteroatoms. The highest BCUT2D eigenvalue weighted by Crippen LogP contribution is 2.37. The summed E-state index contributed by atoms with van der Waals surface area (Å²) in [6.45, 7) is 0.672. The van der Waals surface area contributed by atoms with E-state index in [9.17, 15) is 14.9 Å². The minimum absolute atomic E-state index is 0.0239. The first kappa shape index (κ1) is 13.1. The average molecular weight is 280 g/mol. The molecule has 0 aromatic carbocycles. The van der Waals surface area contributed by atoms with Crippen LogP contribution >= 0.6 is 0 Å². The van der Waals surface area contributed by atoms with Crippen LogP contribution in [-0.2, 0) is 11.8 Å². The molecule has 4 unspecified atom stereocenters. The lowest BCUT2D eigenvalue weighted by Gasteiger charge is -2.45. The summed E-state index contributed by atoms with van der Waals surface area (Å²) in [5.41, 5.74) is 6.15. The van der Waals surface area contributed by atoms with E-state index in [1.165, 1.54) is 16.8 Å². The van der Waals surface area contributed by atoms with Crippen molar-refractivity contribution in [3.63, 3.8) is 0 Å². The van der Waals surface area contributed by atoms with Gasteiger partial charge in [0.1, 0.15) is 5.69 Å². The number of fused-ring (bicyclic) bond motifs is 1. The molecule has 1 aliphatic heterocycles. The quantitative estimate of drug-likeness (QED) is 0.587. The van der Waals surface area contributed by atoms with Crippen molar-refractivity contribution in [3.8, 4) is 0 Å². The van der Waals surface area contributed by atoms with Crippen LogP contribution in [0.1, 0.15) is 16.9 Å². The van der Waals surface area contributed by atoms with E-state index in [4.69, 9.17) is 10.5 Å². The molecule has 0 spiro atoms. The molecule has 20 heavy (non-hydrogen) atoms. The van der Waals surface area contributed by atoms with Crippen molar-refractivity contribution in [3.05, 3.63) is 28.1 Å². The van der Waals surface area contributed by atoms with Gasteiger partial charge in [0, 0.05) is 31.7 Å². The second-order valence-corrected chi connectivity index (χ2v) is 5.32. The number of aromatic nitrogens is 1. The highest BCUT2D eigenvalue weighted by atomic mass is 16.6. The van der Waals surface area contributed by atoms with E-state index in [0.717, 1.165) is 6.42 Å². The zero-order chi connectivity index (χ0) is 14.4. The lowest BCUT2D eigenvalue weighted by atomic mass is 9.72. The van der Waals surface area contributed by atoms with E-state index in [1.54, 1.807) is 7.05 Å². The minimum atomic E-state index is -0.526. The van der Waals surface area contributed by atoms with E-state index in [0.29, 0.717) is 12.5 Å². The first-order chi connectivity index (χ1) is 9.49. The first-order valence-electron chi connectivity index (χ1n) is 6.48. The molecular weight excluding hydrogens is 264 g/mol. The SMILES string of the molecule is Cn1cc([N+](=O)[O-])cc1C(=O)NC1C(N)C2CCOC21. The number of hydrogen-bond acceptors (Lipinski definition) is 5. The molecule has 1 saturated heterocycles. The summed E-state index contributed by atoms with van der Waals surface area (Å²) in [5, 5.41) is 13.5. The number of ether oxygens (including phenoxy) is 1. The summed E-state index contributed by atoms with van der Waals surface area (Å²) in [7, 11) is 1.59. The molecule has 108 valence electrons. The third kappa shape index (κ3) is 1.88. The smallest absolute Gasteiger partial charge is 0.287 e. The van der Waals surface area contributed by atoms with E-state index in [2.05, 4.69) is 5.32 Å². The molecule has 4 atom stereocenters. The first-order valence-corrected chi connectivity index (χ1v) is 6.48. The van der Waals surface area contributed by atoms with E-state index >= 15 is 0 Å². The molecule has 1 aromatic rings. The Morgan fingerprint density at radius 3 is 3.05 bits per heavy atom. The molecular formula is C12H16N4O4. The molecule has 8 nitrogen and oxygen atoms in total. The Labute approximate surface area is 115 Å². The van der Waals surface area contributed by atoms with Crippen molar-refractivity contribution in [1.29, 1.82) is 0 Å². The van der Waals surface area contributed by atoms with Crippen LogP contribution in [0.4, 0.5) is 5.69 Å². The third-order valence-electron chi connectivity index (χ3n) is 4.18. The van der Waals surface area contributed by atoms with E-state index in [-0.39, 0.29) is 35.5 Å².